The second kappa shape index (κ2) is 8.62. The highest BCUT2D eigenvalue weighted by molar-refractivity contribution is 6.09. The molecular weight excluding hydrogens is 354 g/mol. The zero-order valence-electron chi connectivity index (χ0n) is 15.4. The maximum Gasteiger partial charge on any atom is 0.239 e. The number of ether oxygens (including phenoxy) is 1. The predicted molar refractivity (Wildman–Crippen MR) is 98.5 cm³/mol. The average Bonchev–Trinajstić information content (AvgIpc) is 2.65. The summed E-state index contributed by atoms with van der Waals surface area (Å²) in [6.07, 6.45) is 0.565. The number of halogens is 2. The molecule has 0 heterocycles. The Hall–Kier alpha value is -2.96. The molecule has 0 aromatic heterocycles. The summed E-state index contributed by atoms with van der Waals surface area (Å²) in [6.45, 7) is 3.10. The van der Waals surface area contributed by atoms with Gasteiger partial charge < -0.3 is 15.4 Å². The number of carbonyl (C=O) groups is 2. The van der Waals surface area contributed by atoms with Crippen LogP contribution in [0.1, 0.15) is 19.4 Å². The van der Waals surface area contributed by atoms with Crippen LogP contribution in [0.5, 0.6) is 5.75 Å². The summed E-state index contributed by atoms with van der Waals surface area (Å²) in [4.78, 5) is 24.7. The van der Waals surface area contributed by atoms with Crippen LogP contribution in [-0.2, 0) is 16.0 Å². The lowest BCUT2D eigenvalue weighted by Crippen LogP contribution is -2.45. The van der Waals surface area contributed by atoms with Gasteiger partial charge in [0.15, 0.2) is 0 Å². The van der Waals surface area contributed by atoms with Crippen LogP contribution in [0.4, 0.5) is 14.5 Å². The van der Waals surface area contributed by atoms with E-state index in [9.17, 15) is 18.4 Å². The van der Waals surface area contributed by atoms with Gasteiger partial charge >= 0.3 is 0 Å². The number of methoxy groups -OCH3 is 1. The predicted octanol–water partition coefficient (Wildman–Crippen LogP) is 3.30. The molecule has 2 amide bonds. The van der Waals surface area contributed by atoms with Gasteiger partial charge in [0.1, 0.15) is 28.5 Å². The number of hydrogen-bond acceptors (Lipinski definition) is 3. The molecule has 0 radical (unpaired) electrons. The Balaban J connectivity index is 1.94. The van der Waals surface area contributed by atoms with Gasteiger partial charge in [-0.2, -0.15) is 0 Å². The molecule has 27 heavy (non-hydrogen) atoms. The van der Waals surface area contributed by atoms with Crippen molar-refractivity contribution in [3.05, 3.63) is 59.7 Å². The van der Waals surface area contributed by atoms with E-state index < -0.39 is 34.6 Å². The maximum atomic E-state index is 13.7. The van der Waals surface area contributed by atoms with E-state index in [1.165, 1.54) is 19.9 Å². The van der Waals surface area contributed by atoms with Crippen LogP contribution in [0, 0.1) is 17.0 Å². The number of benzene rings is 2. The smallest absolute Gasteiger partial charge is 0.239 e. The third kappa shape index (κ3) is 5.03. The Morgan fingerprint density at radius 1 is 1.00 bits per heavy atom. The minimum atomic E-state index is -1.51. The van der Waals surface area contributed by atoms with Gasteiger partial charge in [-0.05, 0) is 50.1 Å². The maximum absolute atomic E-state index is 13.7. The summed E-state index contributed by atoms with van der Waals surface area (Å²) in [5.74, 6) is -2.40. The minimum absolute atomic E-state index is 0.315. The van der Waals surface area contributed by atoms with Crippen molar-refractivity contribution in [3.8, 4) is 5.75 Å². The highest BCUT2D eigenvalue weighted by Crippen LogP contribution is 2.23. The molecular formula is C20H22F2N2O3. The number of nitrogens with one attached hydrogen (secondary N) is 2. The SMILES string of the molecule is COc1ccc(CCNC(=O)C(C)(C)C(=O)Nc2c(F)cccc2F)cc1. The van der Waals surface area contributed by atoms with Gasteiger partial charge in [-0.3, -0.25) is 9.59 Å². The van der Waals surface area contributed by atoms with Crippen LogP contribution in [0.15, 0.2) is 42.5 Å². The molecule has 2 N–H and O–H groups in total. The van der Waals surface area contributed by atoms with E-state index in [4.69, 9.17) is 4.74 Å². The van der Waals surface area contributed by atoms with Crippen molar-refractivity contribution in [2.45, 2.75) is 20.3 Å². The summed E-state index contributed by atoms with van der Waals surface area (Å²) in [7, 11) is 1.58. The van der Waals surface area contributed by atoms with E-state index in [2.05, 4.69) is 10.6 Å². The summed E-state index contributed by atoms with van der Waals surface area (Å²) in [5, 5.41) is 4.83. The third-order valence-corrected chi connectivity index (χ3v) is 4.19. The Bertz CT molecular complexity index is 800. The van der Waals surface area contributed by atoms with Gasteiger partial charge in [0.25, 0.3) is 0 Å². The number of para-hydroxylation sites is 1. The quantitative estimate of drug-likeness (QED) is 0.729. The minimum Gasteiger partial charge on any atom is -0.497 e. The molecule has 0 spiro atoms. The molecule has 0 unspecified atom stereocenters. The summed E-state index contributed by atoms with van der Waals surface area (Å²) < 4.78 is 32.4. The van der Waals surface area contributed by atoms with Crippen LogP contribution < -0.4 is 15.4 Å². The van der Waals surface area contributed by atoms with Crippen molar-refractivity contribution in [1.82, 2.24) is 5.32 Å². The standard InChI is InChI=1S/C20H22F2N2O3/c1-20(2,19(26)24-17-15(21)5-4-6-16(17)22)18(25)23-12-11-13-7-9-14(27-3)10-8-13/h4-10H,11-12H2,1-3H3,(H,23,25)(H,24,26). The second-order valence-corrected chi connectivity index (χ2v) is 6.53. The Kier molecular flexibility index (Phi) is 6.50. The molecule has 0 saturated carbocycles. The number of amides is 2. The number of rotatable bonds is 7. The van der Waals surface area contributed by atoms with Crippen molar-refractivity contribution >= 4 is 17.5 Å². The van der Waals surface area contributed by atoms with Gasteiger partial charge in [-0.1, -0.05) is 18.2 Å². The van der Waals surface area contributed by atoms with Crippen LogP contribution in [0.25, 0.3) is 0 Å². The lowest BCUT2D eigenvalue weighted by Gasteiger charge is -2.23. The van der Waals surface area contributed by atoms with Crippen LogP contribution in [0.3, 0.4) is 0 Å². The Morgan fingerprint density at radius 2 is 1.59 bits per heavy atom. The molecule has 2 rings (SSSR count). The molecule has 0 fully saturated rings. The van der Waals surface area contributed by atoms with Crippen LogP contribution in [-0.4, -0.2) is 25.5 Å². The zero-order chi connectivity index (χ0) is 20.0. The number of carbonyl (C=O) groups excluding carboxylic acids is 2. The van der Waals surface area contributed by atoms with Crippen molar-refractivity contribution in [2.75, 3.05) is 19.0 Å². The lowest BCUT2D eigenvalue weighted by atomic mass is 9.90. The molecule has 2 aromatic carbocycles. The molecule has 0 aliphatic heterocycles. The van der Waals surface area contributed by atoms with Gasteiger partial charge in [0.2, 0.25) is 11.8 Å². The third-order valence-electron chi connectivity index (χ3n) is 4.19. The van der Waals surface area contributed by atoms with E-state index >= 15 is 0 Å². The lowest BCUT2D eigenvalue weighted by molar-refractivity contribution is -0.138. The molecule has 144 valence electrons. The first kappa shape index (κ1) is 20.4. The fraction of sp³-hybridized carbons (Fsp3) is 0.300. The Morgan fingerprint density at radius 3 is 2.15 bits per heavy atom. The van der Waals surface area contributed by atoms with Gasteiger partial charge in [-0.15, -0.1) is 0 Å². The molecule has 2 aromatic rings. The molecule has 5 nitrogen and oxygen atoms in total. The van der Waals surface area contributed by atoms with E-state index in [-0.39, 0.29) is 0 Å². The fourth-order valence-corrected chi connectivity index (χ4v) is 2.32. The van der Waals surface area contributed by atoms with Crippen molar-refractivity contribution < 1.29 is 23.1 Å². The summed E-state index contributed by atoms with van der Waals surface area (Å²) >= 11 is 0. The number of hydrogen-bond donors (Lipinski definition) is 2. The largest absolute Gasteiger partial charge is 0.497 e. The van der Waals surface area contributed by atoms with Crippen LogP contribution >= 0.6 is 0 Å². The van der Waals surface area contributed by atoms with Gasteiger partial charge in [-0.25, -0.2) is 8.78 Å². The first-order valence-electron chi connectivity index (χ1n) is 8.42. The van der Waals surface area contributed by atoms with E-state index in [0.29, 0.717) is 13.0 Å². The van der Waals surface area contributed by atoms with Crippen LogP contribution in [0.2, 0.25) is 0 Å². The monoisotopic (exact) mass is 376 g/mol. The number of anilines is 1. The van der Waals surface area contributed by atoms with E-state index in [0.717, 1.165) is 23.4 Å². The van der Waals surface area contributed by atoms with Crippen molar-refractivity contribution in [3.63, 3.8) is 0 Å². The van der Waals surface area contributed by atoms with Gasteiger partial charge in [0, 0.05) is 6.54 Å². The first-order valence-corrected chi connectivity index (χ1v) is 8.42. The zero-order valence-corrected chi connectivity index (χ0v) is 15.4. The molecule has 7 heteroatoms. The van der Waals surface area contributed by atoms with E-state index in [1.807, 2.05) is 24.3 Å². The topological polar surface area (TPSA) is 67.4 Å². The Labute approximate surface area is 156 Å². The molecule has 0 atom stereocenters. The second-order valence-electron chi connectivity index (χ2n) is 6.53. The fourth-order valence-electron chi connectivity index (χ4n) is 2.32. The molecule has 0 saturated heterocycles. The summed E-state index contributed by atoms with van der Waals surface area (Å²) in [5.41, 5.74) is -1.08. The summed E-state index contributed by atoms with van der Waals surface area (Å²) in [6, 6.07) is 10.6. The molecule has 0 bridgehead atoms. The highest BCUT2D eigenvalue weighted by atomic mass is 19.1. The van der Waals surface area contributed by atoms with Crippen molar-refractivity contribution in [1.29, 1.82) is 0 Å². The van der Waals surface area contributed by atoms with Gasteiger partial charge in [0.05, 0.1) is 7.11 Å². The van der Waals surface area contributed by atoms with E-state index in [1.54, 1.807) is 7.11 Å². The molecule has 0 aliphatic carbocycles. The average molecular weight is 376 g/mol. The van der Waals surface area contributed by atoms with Crippen molar-refractivity contribution in [2.24, 2.45) is 5.41 Å². The highest BCUT2D eigenvalue weighted by Gasteiger charge is 2.36. The first-order chi connectivity index (χ1) is 12.8. The molecule has 0 aliphatic rings. The normalized spacial score (nSPS) is 11.0.